The van der Waals surface area contributed by atoms with Crippen LogP contribution in [0, 0.1) is 24.7 Å². The van der Waals surface area contributed by atoms with E-state index >= 15 is 0 Å². The fourth-order valence-corrected chi connectivity index (χ4v) is 3.92. The number of hydrogen-bond acceptors (Lipinski definition) is 8. The summed E-state index contributed by atoms with van der Waals surface area (Å²) in [5.74, 6) is 7.25. The molecule has 4 N–H and O–H groups in total. The van der Waals surface area contributed by atoms with Crippen molar-refractivity contribution in [3.8, 4) is 17.7 Å². The van der Waals surface area contributed by atoms with Crippen molar-refractivity contribution in [3.05, 3.63) is 59.2 Å². The normalized spacial score (nSPS) is 17.2. The van der Waals surface area contributed by atoms with Gasteiger partial charge in [-0.3, -0.25) is 0 Å². The second kappa shape index (κ2) is 7.40. The van der Waals surface area contributed by atoms with Crippen molar-refractivity contribution in [2.24, 2.45) is 5.92 Å². The molecule has 9 nitrogen and oxygen atoms in total. The smallest absolute Gasteiger partial charge is 0.221 e. The van der Waals surface area contributed by atoms with E-state index in [1.54, 1.807) is 43.8 Å². The van der Waals surface area contributed by atoms with E-state index in [9.17, 15) is 10.2 Å². The van der Waals surface area contributed by atoms with Gasteiger partial charge in [-0.2, -0.15) is 10.1 Å². The lowest BCUT2D eigenvalue weighted by molar-refractivity contribution is 0.0297. The van der Waals surface area contributed by atoms with Crippen LogP contribution in [0.4, 0.5) is 5.95 Å². The zero-order chi connectivity index (χ0) is 23.4. The first-order valence-electron chi connectivity index (χ1n) is 10.7. The number of nitrogen functional groups attached to an aromatic ring is 1. The summed E-state index contributed by atoms with van der Waals surface area (Å²) >= 11 is 0. The Morgan fingerprint density at radius 2 is 1.97 bits per heavy atom. The lowest BCUT2D eigenvalue weighted by Gasteiger charge is -2.20. The van der Waals surface area contributed by atoms with Gasteiger partial charge in [-0.25, -0.2) is 9.67 Å². The Morgan fingerprint density at radius 1 is 1.18 bits per heavy atom. The van der Waals surface area contributed by atoms with Gasteiger partial charge in [0.05, 0.1) is 5.52 Å². The lowest BCUT2D eigenvalue weighted by Crippen LogP contribution is -2.25. The van der Waals surface area contributed by atoms with Crippen LogP contribution in [0.3, 0.4) is 0 Å². The molecule has 4 aromatic rings. The summed E-state index contributed by atoms with van der Waals surface area (Å²) in [5.41, 5.74) is 5.56. The van der Waals surface area contributed by atoms with Crippen molar-refractivity contribution in [2.45, 2.75) is 44.8 Å². The quantitative estimate of drug-likeness (QED) is 0.409. The number of rotatable bonds is 4. The monoisotopic (exact) mass is 444 g/mol. The van der Waals surface area contributed by atoms with Crippen LogP contribution in [0.15, 0.2) is 41.1 Å². The number of hydrogen-bond donors (Lipinski definition) is 3. The number of benzene rings is 1. The Bertz CT molecular complexity index is 1420. The van der Waals surface area contributed by atoms with E-state index < -0.39 is 11.2 Å². The molecule has 2 unspecified atom stereocenters. The Kier molecular flexibility index (Phi) is 4.74. The molecule has 3 heterocycles. The molecule has 2 atom stereocenters. The Balaban J connectivity index is 1.63. The van der Waals surface area contributed by atoms with E-state index in [0.29, 0.717) is 34.0 Å². The summed E-state index contributed by atoms with van der Waals surface area (Å²) in [7, 11) is 0. The first-order chi connectivity index (χ1) is 15.6. The number of anilines is 1. The predicted octanol–water partition coefficient (Wildman–Crippen LogP) is 2.57. The summed E-state index contributed by atoms with van der Waals surface area (Å²) in [6.07, 6.45) is 3.48. The first kappa shape index (κ1) is 21.1. The molecular formula is C24H24N6O3. The molecule has 0 amide bonds. The third kappa shape index (κ3) is 3.84. The summed E-state index contributed by atoms with van der Waals surface area (Å²) in [6, 6.07) is 8.93. The highest BCUT2D eigenvalue weighted by atomic mass is 16.5. The number of fused-ring (bicyclic) bond motifs is 1. The van der Waals surface area contributed by atoms with Crippen molar-refractivity contribution in [1.82, 2.24) is 24.9 Å². The van der Waals surface area contributed by atoms with Crippen LogP contribution in [0.2, 0.25) is 0 Å². The zero-order valence-electron chi connectivity index (χ0n) is 18.6. The second-order valence-corrected chi connectivity index (χ2v) is 8.83. The van der Waals surface area contributed by atoms with E-state index in [4.69, 9.17) is 15.4 Å². The molecule has 1 fully saturated rings. The maximum atomic E-state index is 11.2. The highest BCUT2D eigenvalue weighted by Gasteiger charge is 2.44. The van der Waals surface area contributed by atoms with E-state index in [1.165, 1.54) is 0 Å². The minimum absolute atomic E-state index is 0.126. The highest BCUT2D eigenvalue weighted by molar-refractivity contribution is 5.85. The Hall–Kier alpha value is -3.74. The minimum Gasteiger partial charge on any atom is -0.383 e. The van der Waals surface area contributed by atoms with Gasteiger partial charge in [0.1, 0.15) is 22.7 Å². The second-order valence-electron chi connectivity index (χ2n) is 8.83. The van der Waals surface area contributed by atoms with Crippen molar-refractivity contribution >= 4 is 16.9 Å². The van der Waals surface area contributed by atoms with Gasteiger partial charge in [0.2, 0.25) is 5.95 Å². The van der Waals surface area contributed by atoms with Gasteiger partial charge < -0.3 is 20.5 Å². The molecule has 168 valence electrons. The molecule has 0 spiro atoms. The van der Waals surface area contributed by atoms with Crippen LogP contribution in [-0.4, -0.2) is 35.1 Å². The molecule has 0 aliphatic heterocycles. The third-order valence-electron chi connectivity index (χ3n) is 5.99. The van der Waals surface area contributed by atoms with Crippen molar-refractivity contribution < 1.29 is 14.7 Å². The van der Waals surface area contributed by atoms with E-state index in [1.807, 2.05) is 18.2 Å². The molecule has 0 bridgehead atoms. The van der Waals surface area contributed by atoms with Crippen LogP contribution in [-0.2, 0) is 11.2 Å². The van der Waals surface area contributed by atoms with Crippen LogP contribution >= 0.6 is 0 Å². The SMILES string of the molecule is Cc1cc(C(C)(O)C#Cc2ccc3c(C(C)(O)C4CC4)nn(-c4ccnc(N)n4)c3c2)no1. The van der Waals surface area contributed by atoms with Crippen molar-refractivity contribution in [2.75, 3.05) is 5.73 Å². The number of nitrogens with zero attached hydrogens (tertiary/aromatic N) is 5. The average molecular weight is 444 g/mol. The fourth-order valence-electron chi connectivity index (χ4n) is 3.92. The predicted molar refractivity (Wildman–Crippen MR) is 121 cm³/mol. The van der Waals surface area contributed by atoms with Gasteiger partial charge in [-0.05, 0) is 57.7 Å². The molecule has 1 saturated carbocycles. The van der Waals surface area contributed by atoms with Crippen LogP contribution in [0.25, 0.3) is 16.7 Å². The number of aryl methyl sites for hydroxylation is 1. The maximum Gasteiger partial charge on any atom is 0.221 e. The minimum atomic E-state index is -1.48. The molecule has 1 aliphatic rings. The van der Waals surface area contributed by atoms with Gasteiger partial charge >= 0.3 is 0 Å². The van der Waals surface area contributed by atoms with Crippen LogP contribution in [0.1, 0.15) is 49.4 Å². The van der Waals surface area contributed by atoms with Crippen LogP contribution < -0.4 is 5.73 Å². The van der Waals surface area contributed by atoms with Gasteiger partial charge in [0, 0.05) is 29.3 Å². The van der Waals surface area contributed by atoms with Crippen LogP contribution in [0.5, 0.6) is 0 Å². The van der Waals surface area contributed by atoms with E-state index in [0.717, 1.165) is 18.2 Å². The Morgan fingerprint density at radius 3 is 2.64 bits per heavy atom. The van der Waals surface area contributed by atoms with Gasteiger partial charge in [0.25, 0.3) is 0 Å². The number of nitrogens with two attached hydrogens (primary N) is 1. The molecule has 5 rings (SSSR count). The molecular weight excluding hydrogens is 420 g/mol. The van der Waals surface area contributed by atoms with Gasteiger partial charge in [-0.15, -0.1) is 0 Å². The lowest BCUT2D eigenvalue weighted by atomic mass is 9.93. The molecule has 0 saturated heterocycles. The van der Waals surface area contributed by atoms with Crippen molar-refractivity contribution in [3.63, 3.8) is 0 Å². The first-order valence-corrected chi connectivity index (χ1v) is 10.7. The zero-order valence-corrected chi connectivity index (χ0v) is 18.6. The topological polar surface area (TPSA) is 136 Å². The largest absolute Gasteiger partial charge is 0.383 e. The number of aliphatic hydroxyl groups is 2. The summed E-state index contributed by atoms with van der Waals surface area (Å²) in [5, 5.41) is 31.4. The molecule has 0 radical (unpaired) electrons. The molecule has 9 heteroatoms. The molecule has 3 aromatic heterocycles. The standard InChI is InChI=1S/C24H24N6O3/c1-14-12-19(29-33-14)23(2,31)10-8-15-4-7-17-18(13-15)30(20-9-11-26-22(25)27-20)28-21(17)24(3,32)16-5-6-16/h4,7,9,11-13,16,31-32H,5-6H2,1-3H3,(H2,25,26,27). The average Bonchev–Trinajstić information content (AvgIpc) is 3.44. The number of aromatic nitrogens is 5. The molecule has 33 heavy (non-hydrogen) atoms. The fraction of sp³-hybridized carbons (Fsp3) is 0.333. The summed E-state index contributed by atoms with van der Waals surface area (Å²) in [4.78, 5) is 8.25. The molecule has 1 aromatic carbocycles. The van der Waals surface area contributed by atoms with Gasteiger partial charge in [0.15, 0.2) is 11.4 Å². The maximum absolute atomic E-state index is 11.2. The van der Waals surface area contributed by atoms with Gasteiger partial charge in [-0.1, -0.05) is 17.0 Å². The highest BCUT2D eigenvalue weighted by Crippen LogP contribution is 2.47. The van der Waals surface area contributed by atoms with E-state index in [2.05, 4.69) is 27.0 Å². The Labute approximate surface area is 190 Å². The summed E-state index contributed by atoms with van der Waals surface area (Å²) in [6.45, 7) is 5.12. The van der Waals surface area contributed by atoms with E-state index in [-0.39, 0.29) is 11.9 Å². The van der Waals surface area contributed by atoms with Crippen molar-refractivity contribution in [1.29, 1.82) is 0 Å². The summed E-state index contributed by atoms with van der Waals surface area (Å²) < 4.78 is 6.70. The molecule has 1 aliphatic carbocycles. The third-order valence-corrected chi connectivity index (χ3v) is 5.99.